The Morgan fingerprint density at radius 3 is 2.76 bits per heavy atom. The zero-order valence-corrected chi connectivity index (χ0v) is 16.5. The van der Waals surface area contributed by atoms with Crippen LogP contribution in [0, 0.1) is 0 Å². The quantitative estimate of drug-likeness (QED) is 0.860. The lowest BCUT2D eigenvalue weighted by Crippen LogP contribution is -2.43. The molecule has 2 aromatic heterocycles. The van der Waals surface area contributed by atoms with Crippen LogP contribution in [-0.2, 0) is 11.2 Å². The van der Waals surface area contributed by atoms with Gasteiger partial charge in [-0.3, -0.25) is 14.7 Å². The number of carbonyl (C=O) groups is 2. The molecule has 0 aromatic carbocycles. The second kappa shape index (κ2) is 8.06. The van der Waals surface area contributed by atoms with E-state index in [1.807, 2.05) is 17.0 Å². The molecular weight excluding hydrogens is 370 g/mol. The van der Waals surface area contributed by atoms with Crippen LogP contribution >= 0.6 is 0 Å². The van der Waals surface area contributed by atoms with Gasteiger partial charge in [-0.25, -0.2) is 9.78 Å². The third-order valence-electron chi connectivity index (χ3n) is 5.47. The number of ether oxygens (including phenoxy) is 1. The number of carbonyl (C=O) groups excluding carboxylic acids is 2. The van der Waals surface area contributed by atoms with Gasteiger partial charge in [-0.2, -0.15) is 0 Å². The van der Waals surface area contributed by atoms with E-state index in [0.29, 0.717) is 24.7 Å². The van der Waals surface area contributed by atoms with E-state index in [-0.39, 0.29) is 12.0 Å². The average molecular weight is 395 g/mol. The first-order chi connectivity index (χ1) is 14.0. The molecule has 1 atom stereocenters. The number of primary amides is 1. The molecule has 0 saturated carbocycles. The molecule has 0 bridgehead atoms. The topological polar surface area (TPSA) is 102 Å². The highest BCUT2D eigenvalue weighted by atomic mass is 16.5. The van der Waals surface area contributed by atoms with Crippen molar-refractivity contribution in [3.8, 4) is 16.9 Å². The van der Waals surface area contributed by atoms with E-state index in [1.165, 1.54) is 4.90 Å². The highest BCUT2D eigenvalue weighted by molar-refractivity contribution is 5.91. The van der Waals surface area contributed by atoms with E-state index in [1.54, 1.807) is 25.5 Å². The maximum atomic E-state index is 11.6. The fourth-order valence-corrected chi connectivity index (χ4v) is 3.99. The first-order valence-corrected chi connectivity index (χ1v) is 9.95. The number of aromatic nitrogens is 2. The highest BCUT2D eigenvalue weighted by Gasteiger charge is 2.24. The van der Waals surface area contributed by atoms with Gasteiger partial charge < -0.3 is 15.4 Å². The lowest BCUT2D eigenvalue weighted by Gasteiger charge is -2.32. The summed E-state index contributed by atoms with van der Waals surface area (Å²) in [5.41, 5.74) is 8.28. The molecule has 2 aliphatic heterocycles. The SMILES string of the molecule is CC(=O)N1CCC[C@@H](Oc2cncc(-c3cnc4c(c3)CCCN4C(N)=O)c2)C1. The summed E-state index contributed by atoms with van der Waals surface area (Å²) in [5, 5.41) is 0. The summed E-state index contributed by atoms with van der Waals surface area (Å²) in [6, 6.07) is 3.50. The van der Waals surface area contributed by atoms with Gasteiger partial charge in [0.05, 0.1) is 12.7 Å². The Morgan fingerprint density at radius 2 is 1.97 bits per heavy atom. The number of hydrogen-bond donors (Lipinski definition) is 1. The van der Waals surface area contributed by atoms with Crippen LogP contribution in [0.5, 0.6) is 5.75 Å². The van der Waals surface area contributed by atoms with Gasteiger partial charge in [0.15, 0.2) is 0 Å². The Balaban J connectivity index is 1.53. The summed E-state index contributed by atoms with van der Waals surface area (Å²) in [6.45, 7) is 3.57. The van der Waals surface area contributed by atoms with Gasteiger partial charge in [0.2, 0.25) is 5.91 Å². The molecule has 3 amide bonds. The molecule has 4 heterocycles. The molecule has 29 heavy (non-hydrogen) atoms. The monoisotopic (exact) mass is 395 g/mol. The first-order valence-electron chi connectivity index (χ1n) is 9.95. The smallest absolute Gasteiger partial charge is 0.320 e. The summed E-state index contributed by atoms with van der Waals surface area (Å²) in [5.74, 6) is 1.39. The number of aryl methyl sites for hydroxylation is 1. The van der Waals surface area contributed by atoms with Crippen molar-refractivity contribution in [1.82, 2.24) is 14.9 Å². The molecule has 1 fully saturated rings. The van der Waals surface area contributed by atoms with Crippen molar-refractivity contribution >= 4 is 17.8 Å². The second-order valence-corrected chi connectivity index (χ2v) is 7.56. The molecule has 2 aromatic rings. The van der Waals surface area contributed by atoms with Crippen molar-refractivity contribution in [3.05, 3.63) is 36.3 Å². The third kappa shape index (κ3) is 4.16. The van der Waals surface area contributed by atoms with E-state index in [0.717, 1.165) is 48.9 Å². The zero-order valence-electron chi connectivity index (χ0n) is 16.5. The van der Waals surface area contributed by atoms with E-state index in [9.17, 15) is 9.59 Å². The Bertz CT molecular complexity index is 932. The summed E-state index contributed by atoms with van der Waals surface area (Å²) >= 11 is 0. The van der Waals surface area contributed by atoms with E-state index < -0.39 is 6.03 Å². The van der Waals surface area contributed by atoms with Crippen LogP contribution in [-0.4, -0.2) is 52.5 Å². The summed E-state index contributed by atoms with van der Waals surface area (Å²) in [4.78, 5) is 35.4. The number of likely N-dealkylation sites (tertiary alicyclic amines) is 1. The predicted octanol–water partition coefficient (Wildman–Crippen LogP) is 2.36. The molecule has 0 unspecified atom stereocenters. The number of piperidine rings is 1. The van der Waals surface area contributed by atoms with Gasteiger partial charge in [0.25, 0.3) is 0 Å². The van der Waals surface area contributed by atoms with Crippen LogP contribution in [0.25, 0.3) is 11.1 Å². The van der Waals surface area contributed by atoms with E-state index >= 15 is 0 Å². The number of hydrogen-bond acceptors (Lipinski definition) is 5. The van der Waals surface area contributed by atoms with E-state index in [4.69, 9.17) is 10.5 Å². The van der Waals surface area contributed by atoms with Crippen molar-refractivity contribution in [3.63, 3.8) is 0 Å². The van der Waals surface area contributed by atoms with E-state index in [2.05, 4.69) is 9.97 Å². The van der Waals surface area contributed by atoms with Crippen molar-refractivity contribution in [1.29, 1.82) is 0 Å². The van der Waals surface area contributed by atoms with Crippen LogP contribution < -0.4 is 15.4 Å². The standard InChI is InChI=1S/C21H25N5O3/c1-14(27)25-6-3-5-18(13-25)29-19-9-17(10-23-12-19)16-8-15-4-2-7-26(21(22)28)20(15)24-11-16/h8-12,18H,2-7,13H2,1H3,(H2,22,28)/t18-/m1/s1. The molecule has 0 aliphatic carbocycles. The van der Waals surface area contributed by atoms with Crippen molar-refractivity contribution in [2.24, 2.45) is 5.73 Å². The molecule has 0 radical (unpaired) electrons. The van der Waals surface area contributed by atoms with Crippen molar-refractivity contribution in [2.45, 2.75) is 38.7 Å². The Morgan fingerprint density at radius 1 is 1.14 bits per heavy atom. The van der Waals surface area contributed by atoms with Crippen LogP contribution in [0.3, 0.4) is 0 Å². The lowest BCUT2D eigenvalue weighted by atomic mass is 10.0. The summed E-state index contributed by atoms with van der Waals surface area (Å²) in [6.07, 6.45) is 8.72. The van der Waals surface area contributed by atoms with Gasteiger partial charge in [0.1, 0.15) is 17.7 Å². The Kier molecular flexibility index (Phi) is 5.33. The number of rotatable bonds is 3. The van der Waals surface area contributed by atoms with Crippen LogP contribution in [0.2, 0.25) is 0 Å². The second-order valence-electron chi connectivity index (χ2n) is 7.56. The molecule has 0 spiro atoms. The number of amides is 3. The Hall–Kier alpha value is -3.16. The molecule has 8 nitrogen and oxygen atoms in total. The van der Waals surface area contributed by atoms with Crippen molar-refractivity contribution < 1.29 is 14.3 Å². The molecule has 152 valence electrons. The number of nitrogens with two attached hydrogens (primary N) is 1. The van der Waals surface area contributed by atoms with Gasteiger partial charge in [-0.05, 0) is 43.4 Å². The summed E-state index contributed by atoms with van der Waals surface area (Å²) < 4.78 is 6.11. The fraction of sp³-hybridized carbons (Fsp3) is 0.429. The van der Waals surface area contributed by atoms with Gasteiger partial charge >= 0.3 is 6.03 Å². The minimum absolute atomic E-state index is 0.0320. The largest absolute Gasteiger partial charge is 0.487 e. The molecule has 2 N–H and O–H groups in total. The Labute approximate surface area is 169 Å². The normalized spacial score (nSPS) is 18.9. The molecule has 8 heteroatoms. The predicted molar refractivity (Wildman–Crippen MR) is 109 cm³/mol. The van der Waals surface area contributed by atoms with Crippen LogP contribution in [0.15, 0.2) is 30.7 Å². The number of pyridine rings is 2. The molecular formula is C21H25N5O3. The van der Waals surface area contributed by atoms with Gasteiger partial charge in [0, 0.05) is 43.5 Å². The number of anilines is 1. The van der Waals surface area contributed by atoms with Gasteiger partial charge in [-0.15, -0.1) is 0 Å². The summed E-state index contributed by atoms with van der Waals surface area (Å²) in [7, 11) is 0. The first kappa shape index (κ1) is 19.2. The minimum Gasteiger partial charge on any atom is -0.487 e. The maximum Gasteiger partial charge on any atom is 0.320 e. The number of urea groups is 1. The average Bonchev–Trinajstić information content (AvgIpc) is 2.73. The fourth-order valence-electron chi connectivity index (χ4n) is 3.99. The number of fused-ring (bicyclic) bond motifs is 1. The molecule has 4 rings (SSSR count). The minimum atomic E-state index is -0.477. The maximum absolute atomic E-state index is 11.6. The third-order valence-corrected chi connectivity index (χ3v) is 5.47. The number of nitrogens with zero attached hydrogens (tertiary/aromatic N) is 4. The molecule has 1 saturated heterocycles. The highest BCUT2D eigenvalue weighted by Crippen LogP contribution is 2.30. The zero-order chi connectivity index (χ0) is 20.4. The van der Waals surface area contributed by atoms with Crippen LogP contribution in [0.1, 0.15) is 31.7 Å². The van der Waals surface area contributed by atoms with Crippen LogP contribution in [0.4, 0.5) is 10.6 Å². The lowest BCUT2D eigenvalue weighted by molar-refractivity contribution is -0.131. The molecule has 2 aliphatic rings. The van der Waals surface area contributed by atoms with Crippen molar-refractivity contribution in [2.75, 3.05) is 24.5 Å². The van der Waals surface area contributed by atoms with Gasteiger partial charge in [-0.1, -0.05) is 0 Å².